The molecule has 214 valence electrons. The van der Waals surface area contributed by atoms with Crippen molar-refractivity contribution < 1.29 is 19.1 Å². The highest BCUT2D eigenvalue weighted by atomic mass is 16.5. The molecular weight excluding hydrogens is 492 g/mol. The van der Waals surface area contributed by atoms with Crippen molar-refractivity contribution in [2.45, 2.75) is 52.2 Å². The molecule has 1 N–H and O–H groups in total. The highest BCUT2D eigenvalue weighted by molar-refractivity contribution is 6.03. The minimum Gasteiger partial charge on any atom is -0.383 e. The van der Waals surface area contributed by atoms with E-state index in [1.54, 1.807) is 23.0 Å². The van der Waals surface area contributed by atoms with E-state index in [9.17, 15) is 14.4 Å². The van der Waals surface area contributed by atoms with Gasteiger partial charge >= 0.3 is 0 Å². The van der Waals surface area contributed by atoms with E-state index in [0.717, 1.165) is 44.5 Å². The molecule has 0 bridgehead atoms. The molecule has 2 aliphatic heterocycles. The molecule has 2 aliphatic rings. The Balaban J connectivity index is 0.000000293. The first-order valence-electron chi connectivity index (χ1n) is 13.8. The minimum atomic E-state index is -0.574. The van der Waals surface area contributed by atoms with Crippen molar-refractivity contribution in [3.63, 3.8) is 0 Å². The van der Waals surface area contributed by atoms with Crippen molar-refractivity contribution in [3.05, 3.63) is 66.3 Å². The molecule has 2 amide bonds. The summed E-state index contributed by atoms with van der Waals surface area (Å²) in [5, 5.41) is 3.15. The second kappa shape index (κ2) is 16.0. The maximum Gasteiger partial charge on any atom is 0.255 e. The van der Waals surface area contributed by atoms with Crippen LogP contribution in [0.1, 0.15) is 39.2 Å². The fourth-order valence-corrected chi connectivity index (χ4v) is 5.11. The number of amides is 2. The highest BCUT2D eigenvalue weighted by Crippen LogP contribution is 2.28. The van der Waals surface area contributed by atoms with Crippen LogP contribution in [-0.4, -0.2) is 86.9 Å². The van der Waals surface area contributed by atoms with Crippen molar-refractivity contribution in [1.82, 2.24) is 15.1 Å². The number of hydrogen-bond donors (Lipinski definition) is 1. The molecule has 8 heteroatoms. The number of benzene rings is 1. The number of nitrogens with one attached hydrogen (secondary N) is 1. The quantitative estimate of drug-likeness (QED) is 0.387. The third kappa shape index (κ3) is 8.13. The summed E-state index contributed by atoms with van der Waals surface area (Å²) in [6, 6.07) is 7.74. The lowest BCUT2D eigenvalue weighted by atomic mass is 10.0. The van der Waals surface area contributed by atoms with E-state index in [1.807, 2.05) is 20.9 Å². The zero-order chi connectivity index (χ0) is 28.9. The molecule has 1 saturated heterocycles. The van der Waals surface area contributed by atoms with Gasteiger partial charge in [-0.3, -0.25) is 9.59 Å². The zero-order valence-electron chi connectivity index (χ0n) is 24.3. The van der Waals surface area contributed by atoms with Crippen LogP contribution in [0, 0.1) is 5.92 Å². The van der Waals surface area contributed by atoms with Gasteiger partial charge in [0.05, 0.1) is 12.6 Å². The number of carbonyl (C=O) groups excluding carboxylic acids is 3. The summed E-state index contributed by atoms with van der Waals surface area (Å²) in [7, 11) is 3.70. The van der Waals surface area contributed by atoms with Crippen LogP contribution >= 0.6 is 0 Å². The summed E-state index contributed by atoms with van der Waals surface area (Å²) >= 11 is 0. The smallest absolute Gasteiger partial charge is 0.255 e. The number of methoxy groups -OCH3 is 1. The molecule has 0 saturated carbocycles. The van der Waals surface area contributed by atoms with Crippen LogP contribution < -0.4 is 10.2 Å². The van der Waals surface area contributed by atoms with Gasteiger partial charge in [0.1, 0.15) is 12.3 Å². The predicted molar refractivity (Wildman–Crippen MR) is 158 cm³/mol. The minimum absolute atomic E-state index is 0.0467. The Morgan fingerprint density at radius 3 is 2.41 bits per heavy atom. The third-order valence-corrected chi connectivity index (χ3v) is 7.22. The SMILES string of the molecule is C=CC1=C(C=C)C(=O)N(C(C(=O)N2CCCC2C=O)C(C)C)C1.CCN(CCOC)c1ccc(CNC)cc1. The molecule has 3 rings (SSSR count). The van der Waals surface area contributed by atoms with Crippen LogP contribution in [0.25, 0.3) is 0 Å². The number of anilines is 1. The monoisotopic (exact) mass is 538 g/mol. The summed E-state index contributed by atoms with van der Waals surface area (Å²) in [5.74, 6) is -0.380. The molecule has 1 fully saturated rings. The second-order valence-corrected chi connectivity index (χ2v) is 10.1. The van der Waals surface area contributed by atoms with Crippen LogP contribution in [0.15, 0.2) is 60.7 Å². The number of hydrogen-bond acceptors (Lipinski definition) is 6. The lowest BCUT2D eigenvalue weighted by Crippen LogP contribution is -2.53. The first-order valence-corrected chi connectivity index (χ1v) is 13.8. The van der Waals surface area contributed by atoms with Crippen LogP contribution in [0.4, 0.5) is 5.69 Å². The summed E-state index contributed by atoms with van der Waals surface area (Å²) in [6.07, 6.45) is 5.51. The molecule has 0 spiro atoms. The Bertz CT molecular complexity index is 1020. The first kappa shape index (κ1) is 32.0. The van der Waals surface area contributed by atoms with Crippen molar-refractivity contribution in [1.29, 1.82) is 0 Å². The fraction of sp³-hybridized carbons (Fsp3) is 0.516. The van der Waals surface area contributed by atoms with Gasteiger partial charge in [0.25, 0.3) is 5.91 Å². The van der Waals surface area contributed by atoms with E-state index in [1.165, 1.54) is 17.3 Å². The molecule has 39 heavy (non-hydrogen) atoms. The molecule has 0 aromatic heterocycles. The lowest BCUT2D eigenvalue weighted by molar-refractivity contribution is -0.146. The van der Waals surface area contributed by atoms with Gasteiger partial charge in [0.2, 0.25) is 5.91 Å². The molecule has 0 radical (unpaired) electrons. The van der Waals surface area contributed by atoms with Gasteiger partial charge in [-0.1, -0.05) is 51.3 Å². The number of nitrogens with zero attached hydrogens (tertiary/aromatic N) is 3. The molecule has 1 aromatic carbocycles. The van der Waals surface area contributed by atoms with Gasteiger partial charge in [-0.15, -0.1) is 0 Å². The van der Waals surface area contributed by atoms with E-state index in [0.29, 0.717) is 25.1 Å². The average Bonchev–Trinajstić information content (AvgIpc) is 3.54. The number of aldehydes is 1. The number of ether oxygens (including phenoxy) is 1. The predicted octanol–water partition coefficient (Wildman–Crippen LogP) is 3.59. The fourth-order valence-electron chi connectivity index (χ4n) is 5.11. The van der Waals surface area contributed by atoms with Crippen LogP contribution in [0.5, 0.6) is 0 Å². The summed E-state index contributed by atoms with van der Waals surface area (Å²) < 4.78 is 5.11. The van der Waals surface area contributed by atoms with E-state index in [4.69, 9.17) is 4.74 Å². The number of likely N-dealkylation sites (tertiary alicyclic amines) is 1. The van der Waals surface area contributed by atoms with E-state index in [2.05, 4.69) is 54.6 Å². The standard InChI is InChI=1S/C18H24N2O3.C13H22N2O/c1-5-13-10-20(17(22)15(13)6-2)16(12(3)4)18(23)19-9-7-8-14(19)11-21;1-4-15(9-10-16-3)13-7-5-12(6-8-13)11-14-2/h5-6,11-12,14,16H,1-2,7-10H2,3-4H3;5-8,14H,4,9-11H2,1-3H3. The Morgan fingerprint density at radius 1 is 1.23 bits per heavy atom. The largest absolute Gasteiger partial charge is 0.383 e. The van der Waals surface area contributed by atoms with E-state index >= 15 is 0 Å². The summed E-state index contributed by atoms with van der Waals surface area (Å²) in [5.41, 5.74) is 3.87. The van der Waals surface area contributed by atoms with Crippen molar-refractivity contribution in [3.8, 4) is 0 Å². The van der Waals surface area contributed by atoms with Gasteiger partial charge in [0.15, 0.2) is 0 Å². The van der Waals surface area contributed by atoms with Gasteiger partial charge < -0.3 is 29.5 Å². The molecule has 0 aliphatic carbocycles. The summed E-state index contributed by atoms with van der Waals surface area (Å²) in [4.78, 5) is 42.3. The molecular formula is C31H46N4O4. The Hall–Kier alpha value is -3.23. The van der Waals surface area contributed by atoms with Gasteiger partial charge in [-0.25, -0.2) is 0 Å². The molecule has 2 unspecified atom stereocenters. The van der Waals surface area contributed by atoms with Crippen LogP contribution in [0.3, 0.4) is 0 Å². The molecule has 8 nitrogen and oxygen atoms in total. The number of rotatable bonds is 13. The summed E-state index contributed by atoms with van der Waals surface area (Å²) in [6.45, 7) is 18.0. The Labute approximate surface area is 234 Å². The normalized spacial score (nSPS) is 17.7. The maximum atomic E-state index is 13.0. The zero-order valence-corrected chi connectivity index (χ0v) is 24.3. The molecule has 2 heterocycles. The van der Waals surface area contributed by atoms with Gasteiger partial charge in [-0.2, -0.15) is 0 Å². The van der Waals surface area contributed by atoms with Crippen molar-refractivity contribution in [2.75, 3.05) is 51.8 Å². The first-order chi connectivity index (χ1) is 18.8. The maximum absolute atomic E-state index is 13.0. The number of carbonyl (C=O) groups is 3. The average molecular weight is 539 g/mol. The van der Waals surface area contributed by atoms with Crippen molar-refractivity contribution >= 4 is 23.8 Å². The van der Waals surface area contributed by atoms with Crippen LogP contribution in [-0.2, 0) is 25.7 Å². The van der Waals surface area contributed by atoms with Crippen LogP contribution in [0.2, 0.25) is 0 Å². The number of likely N-dealkylation sites (N-methyl/N-ethyl adjacent to an activating group) is 1. The topological polar surface area (TPSA) is 82.2 Å². The van der Waals surface area contributed by atoms with Crippen molar-refractivity contribution in [2.24, 2.45) is 5.92 Å². The Kier molecular flexibility index (Phi) is 13.1. The van der Waals surface area contributed by atoms with Gasteiger partial charge in [-0.05, 0) is 56.0 Å². The second-order valence-electron chi connectivity index (χ2n) is 10.1. The lowest BCUT2D eigenvalue weighted by Gasteiger charge is -2.34. The Morgan fingerprint density at radius 2 is 1.92 bits per heavy atom. The highest BCUT2D eigenvalue weighted by Gasteiger charge is 2.42. The molecule has 2 atom stereocenters. The third-order valence-electron chi connectivity index (χ3n) is 7.22. The van der Waals surface area contributed by atoms with Gasteiger partial charge in [0, 0.05) is 51.1 Å². The van der Waals surface area contributed by atoms with E-state index in [-0.39, 0.29) is 23.8 Å². The molecule has 1 aromatic rings. The van der Waals surface area contributed by atoms with E-state index < -0.39 is 6.04 Å².